The van der Waals surface area contributed by atoms with Crippen molar-refractivity contribution < 1.29 is 4.79 Å². The number of rotatable bonds is 0. The van der Waals surface area contributed by atoms with Gasteiger partial charge in [0.25, 0.3) is 0 Å². The van der Waals surface area contributed by atoms with Crippen molar-refractivity contribution in [2.45, 2.75) is 53.4 Å². The molecule has 1 nitrogen and oxygen atoms in total. The third-order valence-corrected chi connectivity index (χ3v) is 3.97. The van der Waals surface area contributed by atoms with Crippen molar-refractivity contribution in [2.24, 2.45) is 16.7 Å². The van der Waals surface area contributed by atoms with Gasteiger partial charge in [-0.05, 0) is 30.1 Å². The SMILES string of the molecule is CC1(C)C=C2CCCC(C)(C)C2C(=O)C1. The zero-order valence-electron chi connectivity index (χ0n) is 10.4. The summed E-state index contributed by atoms with van der Waals surface area (Å²) in [6, 6.07) is 0. The maximum Gasteiger partial charge on any atom is 0.141 e. The maximum absolute atomic E-state index is 12.2. The van der Waals surface area contributed by atoms with Gasteiger partial charge in [-0.2, -0.15) is 0 Å². The van der Waals surface area contributed by atoms with E-state index < -0.39 is 0 Å². The molecule has 2 aliphatic rings. The van der Waals surface area contributed by atoms with Crippen LogP contribution in [0.15, 0.2) is 11.6 Å². The Morgan fingerprint density at radius 3 is 2.60 bits per heavy atom. The molecule has 0 aromatic rings. The molecule has 2 rings (SSSR count). The first kappa shape index (κ1) is 10.9. The van der Waals surface area contributed by atoms with E-state index in [1.54, 1.807) is 0 Å². The molecule has 1 atom stereocenters. The van der Waals surface area contributed by atoms with Crippen LogP contribution in [-0.4, -0.2) is 5.78 Å². The van der Waals surface area contributed by atoms with E-state index in [0.29, 0.717) is 5.78 Å². The largest absolute Gasteiger partial charge is 0.299 e. The molecule has 84 valence electrons. The summed E-state index contributed by atoms with van der Waals surface area (Å²) in [6.07, 6.45) is 6.69. The summed E-state index contributed by atoms with van der Waals surface area (Å²) < 4.78 is 0. The van der Waals surface area contributed by atoms with Crippen LogP contribution in [0.1, 0.15) is 53.4 Å². The summed E-state index contributed by atoms with van der Waals surface area (Å²) in [5.41, 5.74) is 1.71. The molecule has 1 fully saturated rings. The van der Waals surface area contributed by atoms with Gasteiger partial charge in [0.05, 0.1) is 0 Å². The Morgan fingerprint density at radius 1 is 1.27 bits per heavy atom. The van der Waals surface area contributed by atoms with Crippen molar-refractivity contribution in [1.82, 2.24) is 0 Å². The van der Waals surface area contributed by atoms with E-state index in [4.69, 9.17) is 0 Å². The number of fused-ring (bicyclic) bond motifs is 1. The molecule has 15 heavy (non-hydrogen) atoms. The van der Waals surface area contributed by atoms with Gasteiger partial charge in [0, 0.05) is 12.3 Å². The smallest absolute Gasteiger partial charge is 0.141 e. The van der Waals surface area contributed by atoms with Gasteiger partial charge in [-0.15, -0.1) is 0 Å². The van der Waals surface area contributed by atoms with E-state index in [0.717, 1.165) is 12.8 Å². The summed E-state index contributed by atoms with van der Waals surface area (Å²) in [5.74, 6) is 0.696. The predicted molar refractivity (Wildman–Crippen MR) is 62.6 cm³/mol. The minimum Gasteiger partial charge on any atom is -0.299 e. The van der Waals surface area contributed by atoms with Gasteiger partial charge in [0.15, 0.2) is 0 Å². The van der Waals surface area contributed by atoms with Crippen LogP contribution in [0.25, 0.3) is 0 Å². The molecule has 0 spiro atoms. The quantitative estimate of drug-likeness (QED) is 0.552. The summed E-state index contributed by atoms with van der Waals surface area (Å²) in [7, 11) is 0. The van der Waals surface area contributed by atoms with Gasteiger partial charge in [0.2, 0.25) is 0 Å². The maximum atomic E-state index is 12.2. The van der Waals surface area contributed by atoms with Crippen molar-refractivity contribution in [3.8, 4) is 0 Å². The Hall–Kier alpha value is -0.590. The number of carbonyl (C=O) groups is 1. The second kappa shape index (κ2) is 3.20. The number of Topliss-reactive ketones (excluding diaryl/α,β-unsaturated/α-hetero) is 1. The third-order valence-electron chi connectivity index (χ3n) is 3.97. The van der Waals surface area contributed by atoms with Crippen molar-refractivity contribution >= 4 is 5.78 Å². The average Bonchev–Trinajstić information content (AvgIpc) is 1.97. The molecular formula is C14H22O. The van der Waals surface area contributed by atoms with Crippen LogP contribution in [0.4, 0.5) is 0 Å². The molecule has 0 bridgehead atoms. The molecule has 0 aliphatic heterocycles. The first-order chi connectivity index (χ1) is 6.82. The lowest BCUT2D eigenvalue weighted by Crippen LogP contribution is -2.40. The summed E-state index contributed by atoms with van der Waals surface area (Å²) in [5, 5.41) is 0. The van der Waals surface area contributed by atoms with Gasteiger partial charge < -0.3 is 0 Å². The van der Waals surface area contributed by atoms with Gasteiger partial charge in [-0.25, -0.2) is 0 Å². The molecule has 0 heterocycles. The number of hydrogen-bond acceptors (Lipinski definition) is 1. The Kier molecular flexibility index (Phi) is 2.33. The first-order valence-corrected chi connectivity index (χ1v) is 6.06. The number of allylic oxidation sites excluding steroid dienone is 2. The number of ketones is 1. The monoisotopic (exact) mass is 206 g/mol. The van der Waals surface area contributed by atoms with E-state index in [-0.39, 0.29) is 16.7 Å². The topological polar surface area (TPSA) is 17.1 Å². The first-order valence-electron chi connectivity index (χ1n) is 6.06. The number of carbonyl (C=O) groups excluding carboxylic acids is 1. The molecule has 1 saturated carbocycles. The molecule has 0 N–H and O–H groups in total. The Morgan fingerprint density at radius 2 is 1.93 bits per heavy atom. The molecule has 2 aliphatic carbocycles. The molecule has 0 radical (unpaired) electrons. The van der Waals surface area contributed by atoms with Crippen LogP contribution in [0.5, 0.6) is 0 Å². The fourth-order valence-corrected chi connectivity index (χ4v) is 3.44. The summed E-state index contributed by atoms with van der Waals surface area (Å²) in [6.45, 7) is 8.85. The normalized spacial score (nSPS) is 33.2. The van der Waals surface area contributed by atoms with E-state index in [1.807, 2.05) is 0 Å². The Bertz CT molecular complexity index is 320. The Balaban J connectivity index is 2.40. The molecule has 0 saturated heterocycles. The van der Waals surface area contributed by atoms with Crippen LogP contribution in [0, 0.1) is 16.7 Å². The lowest BCUT2D eigenvalue weighted by atomic mass is 9.59. The molecule has 0 amide bonds. The van der Waals surface area contributed by atoms with Crippen molar-refractivity contribution in [1.29, 1.82) is 0 Å². The fraction of sp³-hybridized carbons (Fsp3) is 0.786. The molecule has 1 unspecified atom stereocenters. The highest BCUT2D eigenvalue weighted by Crippen LogP contribution is 2.49. The molecule has 0 aromatic carbocycles. The average molecular weight is 206 g/mol. The zero-order chi connectivity index (χ0) is 11.3. The van der Waals surface area contributed by atoms with Gasteiger partial charge in [-0.1, -0.05) is 39.3 Å². The van der Waals surface area contributed by atoms with Crippen LogP contribution in [0.3, 0.4) is 0 Å². The van der Waals surface area contributed by atoms with E-state index >= 15 is 0 Å². The van der Waals surface area contributed by atoms with Crippen molar-refractivity contribution in [3.63, 3.8) is 0 Å². The zero-order valence-corrected chi connectivity index (χ0v) is 10.4. The van der Waals surface area contributed by atoms with E-state index in [2.05, 4.69) is 33.8 Å². The highest BCUT2D eigenvalue weighted by molar-refractivity contribution is 5.87. The highest BCUT2D eigenvalue weighted by atomic mass is 16.1. The minimum absolute atomic E-state index is 0.0936. The third kappa shape index (κ3) is 1.89. The number of hydrogen-bond donors (Lipinski definition) is 0. The van der Waals surface area contributed by atoms with Crippen LogP contribution < -0.4 is 0 Å². The second-order valence-corrected chi connectivity index (χ2v) is 6.63. The minimum atomic E-state index is 0.0936. The van der Waals surface area contributed by atoms with Gasteiger partial charge in [0.1, 0.15) is 5.78 Å². The van der Waals surface area contributed by atoms with Crippen molar-refractivity contribution in [2.75, 3.05) is 0 Å². The fourth-order valence-electron chi connectivity index (χ4n) is 3.44. The van der Waals surface area contributed by atoms with Crippen LogP contribution >= 0.6 is 0 Å². The predicted octanol–water partition coefficient (Wildman–Crippen LogP) is 3.74. The molecular weight excluding hydrogens is 184 g/mol. The lowest BCUT2D eigenvalue weighted by Gasteiger charge is -2.44. The van der Waals surface area contributed by atoms with Gasteiger partial charge >= 0.3 is 0 Å². The van der Waals surface area contributed by atoms with Crippen LogP contribution in [-0.2, 0) is 4.79 Å². The Labute approximate surface area is 92.9 Å². The van der Waals surface area contributed by atoms with Crippen LogP contribution in [0.2, 0.25) is 0 Å². The molecule has 0 aromatic heterocycles. The summed E-state index contributed by atoms with van der Waals surface area (Å²) in [4.78, 5) is 12.2. The van der Waals surface area contributed by atoms with E-state index in [1.165, 1.54) is 18.4 Å². The lowest BCUT2D eigenvalue weighted by molar-refractivity contribution is -0.128. The summed E-state index contributed by atoms with van der Waals surface area (Å²) >= 11 is 0. The van der Waals surface area contributed by atoms with E-state index in [9.17, 15) is 4.79 Å². The highest BCUT2D eigenvalue weighted by Gasteiger charge is 2.44. The van der Waals surface area contributed by atoms with Gasteiger partial charge in [-0.3, -0.25) is 4.79 Å². The second-order valence-electron chi connectivity index (χ2n) is 6.63. The van der Waals surface area contributed by atoms with Crippen molar-refractivity contribution in [3.05, 3.63) is 11.6 Å². The molecule has 1 heteroatoms. The standard InChI is InChI=1S/C14H22O/c1-13(2)8-10-6-5-7-14(3,4)12(10)11(15)9-13/h8,12H,5-7,9H2,1-4H3.